The average molecular weight is 309 g/mol. The Balaban J connectivity index is 1.69. The van der Waals surface area contributed by atoms with Crippen molar-refractivity contribution in [3.63, 3.8) is 0 Å². The molecule has 2 rings (SSSR count). The zero-order valence-corrected chi connectivity index (χ0v) is 14.3. The van der Waals surface area contributed by atoms with Crippen molar-refractivity contribution in [2.24, 2.45) is 0 Å². The van der Waals surface area contributed by atoms with Crippen LogP contribution in [0.5, 0.6) is 0 Å². The lowest BCUT2D eigenvalue weighted by atomic mass is 10.0. The number of allylic oxidation sites excluding steroid dienone is 1. The lowest BCUT2D eigenvalue weighted by molar-refractivity contribution is -0.116. The number of rotatable bonds is 5. The number of amides is 1. The van der Waals surface area contributed by atoms with E-state index in [-0.39, 0.29) is 12.0 Å². The molecule has 0 aromatic rings. The largest absolute Gasteiger partial charge is 0.375 e. The van der Waals surface area contributed by atoms with Gasteiger partial charge in [0.2, 0.25) is 5.91 Å². The molecule has 1 N–H and O–H groups in total. The maximum atomic E-state index is 11.6. The first-order chi connectivity index (χ1) is 10.5. The second-order valence-electron chi connectivity index (χ2n) is 6.82. The Morgan fingerprint density at radius 1 is 1.27 bits per heavy atom. The summed E-state index contributed by atoms with van der Waals surface area (Å²) in [5.74, 6) is 0.00276. The van der Waals surface area contributed by atoms with Crippen molar-refractivity contribution < 1.29 is 9.53 Å². The van der Waals surface area contributed by atoms with E-state index < -0.39 is 0 Å². The molecule has 2 saturated heterocycles. The predicted molar refractivity (Wildman–Crippen MR) is 88.9 cm³/mol. The molecule has 0 bridgehead atoms. The summed E-state index contributed by atoms with van der Waals surface area (Å²) in [5.41, 5.74) is 1.03. The van der Waals surface area contributed by atoms with Crippen LogP contribution in [0.3, 0.4) is 0 Å². The molecule has 126 valence electrons. The standard InChI is InChI=1S/C17H31N3O2/c1-14(2)12-17(21)18-7-4-16-13-20(10-11-22-16)15-5-8-19(3)9-6-15/h12,15-16H,4-11,13H2,1-3H3,(H,18,21)/t16-/m1/s1. The van der Waals surface area contributed by atoms with Crippen LogP contribution < -0.4 is 5.32 Å². The fourth-order valence-electron chi connectivity index (χ4n) is 3.28. The van der Waals surface area contributed by atoms with Gasteiger partial charge in [0.25, 0.3) is 0 Å². The highest BCUT2D eigenvalue weighted by Crippen LogP contribution is 2.19. The number of ether oxygens (including phenoxy) is 1. The molecule has 2 heterocycles. The van der Waals surface area contributed by atoms with Gasteiger partial charge in [-0.05, 0) is 53.2 Å². The Hall–Kier alpha value is -0.910. The molecule has 5 nitrogen and oxygen atoms in total. The summed E-state index contributed by atoms with van der Waals surface area (Å²) in [7, 11) is 2.20. The van der Waals surface area contributed by atoms with Crippen LogP contribution in [0.15, 0.2) is 11.6 Å². The fourth-order valence-corrected chi connectivity index (χ4v) is 3.28. The lowest BCUT2D eigenvalue weighted by Gasteiger charge is -2.41. The van der Waals surface area contributed by atoms with Crippen LogP contribution in [0.1, 0.15) is 33.1 Å². The number of carbonyl (C=O) groups is 1. The first kappa shape index (κ1) is 17.4. The van der Waals surface area contributed by atoms with Gasteiger partial charge in [-0.3, -0.25) is 9.69 Å². The maximum Gasteiger partial charge on any atom is 0.243 e. The van der Waals surface area contributed by atoms with Crippen molar-refractivity contribution in [2.45, 2.75) is 45.3 Å². The molecule has 0 saturated carbocycles. The highest BCUT2D eigenvalue weighted by atomic mass is 16.5. The van der Waals surface area contributed by atoms with Crippen LogP contribution in [0, 0.1) is 0 Å². The van der Waals surface area contributed by atoms with Crippen LogP contribution in [0.25, 0.3) is 0 Å². The molecule has 0 aromatic heterocycles. The number of nitrogens with one attached hydrogen (secondary N) is 1. The number of nitrogens with zero attached hydrogens (tertiary/aromatic N) is 2. The van der Waals surface area contributed by atoms with Gasteiger partial charge in [0.1, 0.15) is 0 Å². The molecule has 2 fully saturated rings. The Bertz CT molecular complexity index is 385. The normalized spacial score (nSPS) is 25.0. The third-order valence-electron chi connectivity index (χ3n) is 4.56. The van der Waals surface area contributed by atoms with E-state index in [1.807, 2.05) is 13.8 Å². The van der Waals surface area contributed by atoms with Crippen LogP contribution in [-0.4, -0.2) is 74.2 Å². The predicted octanol–water partition coefficient (Wildman–Crippen LogP) is 1.25. The van der Waals surface area contributed by atoms with Gasteiger partial charge in [-0.15, -0.1) is 0 Å². The second-order valence-corrected chi connectivity index (χ2v) is 6.82. The molecule has 0 aliphatic carbocycles. The van der Waals surface area contributed by atoms with Gasteiger partial charge in [0, 0.05) is 31.8 Å². The van der Waals surface area contributed by atoms with Crippen molar-refractivity contribution in [3.05, 3.63) is 11.6 Å². The molecular weight excluding hydrogens is 278 g/mol. The van der Waals surface area contributed by atoms with Gasteiger partial charge in [0.15, 0.2) is 0 Å². The quantitative estimate of drug-likeness (QED) is 0.777. The maximum absolute atomic E-state index is 11.6. The minimum atomic E-state index is 0.00276. The number of hydrogen-bond donors (Lipinski definition) is 1. The summed E-state index contributed by atoms with van der Waals surface area (Å²) in [5, 5.41) is 2.94. The van der Waals surface area contributed by atoms with Crippen LogP contribution in [0.2, 0.25) is 0 Å². The summed E-state index contributed by atoms with van der Waals surface area (Å²) in [6.07, 6.45) is 5.32. The molecule has 1 atom stereocenters. The monoisotopic (exact) mass is 309 g/mol. The first-order valence-corrected chi connectivity index (χ1v) is 8.51. The zero-order valence-electron chi connectivity index (χ0n) is 14.3. The first-order valence-electron chi connectivity index (χ1n) is 8.51. The molecule has 0 radical (unpaired) electrons. The lowest BCUT2D eigenvalue weighted by Crippen LogP contribution is -2.51. The van der Waals surface area contributed by atoms with Crippen molar-refractivity contribution in [2.75, 3.05) is 46.4 Å². The van der Waals surface area contributed by atoms with Gasteiger partial charge in [-0.1, -0.05) is 5.57 Å². The molecule has 5 heteroatoms. The minimum Gasteiger partial charge on any atom is -0.375 e. The Morgan fingerprint density at radius 2 is 2.00 bits per heavy atom. The summed E-state index contributed by atoms with van der Waals surface area (Å²) < 4.78 is 5.86. The molecule has 1 amide bonds. The molecule has 2 aliphatic heterocycles. The SMILES string of the molecule is CC(C)=CC(=O)NCC[C@@H]1CN(C2CCN(C)CC2)CCO1. The molecule has 2 aliphatic rings. The molecule has 0 aromatic carbocycles. The third kappa shape index (κ3) is 5.71. The van der Waals surface area contributed by atoms with Crippen LogP contribution >= 0.6 is 0 Å². The number of hydrogen-bond acceptors (Lipinski definition) is 4. The summed E-state index contributed by atoms with van der Waals surface area (Å²) >= 11 is 0. The summed E-state index contributed by atoms with van der Waals surface area (Å²) in [6.45, 7) is 9.83. The zero-order chi connectivity index (χ0) is 15.9. The average Bonchev–Trinajstić information content (AvgIpc) is 2.47. The highest BCUT2D eigenvalue weighted by Gasteiger charge is 2.28. The Kier molecular flexibility index (Phi) is 6.86. The van der Waals surface area contributed by atoms with E-state index in [1.165, 1.54) is 25.9 Å². The van der Waals surface area contributed by atoms with Gasteiger partial charge >= 0.3 is 0 Å². The minimum absolute atomic E-state index is 0.00276. The van der Waals surface area contributed by atoms with Gasteiger partial charge in [0.05, 0.1) is 12.7 Å². The number of carbonyl (C=O) groups excluding carboxylic acids is 1. The van der Waals surface area contributed by atoms with Crippen LogP contribution in [0.4, 0.5) is 0 Å². The van der Waals surface area contributed by atoms with E-state index >= 15 is 0 Å². The molecular formula is C17H31N3O2. The topological polar surface area (TPSA) is 44.8 Å². The molecule has 0 spiro atoms. The van der Waals surface area contributed by atoms with Gasteiger partial charge in [-0.2, -0.15) is 0 Å². The third-order valence-corrected chi connectivity index (χ3v) is 4.56. The van der Waals surface area contributed by atoms with Crippen LogP contribution in [-0.2, 0) is 9.53 Å². The fraction of sp³-hybridized carbons (Fsp3) is 0.824. The number of piperidine rings is 1. The summed E-state index contributed by atoms with van der Waals surface area (Å²) in [6, 6.07) is 0.711. The smallest absolute Gasteiger partial charge is 0.243 e. The van der Waals surface area contributed by atoms with E-state index in [9.17, 15) is 4.79 Å². The number of likely N-dealkylation sites (tertiary alicyclic amines) is 1. The second kappa shape index (κ2) is 8.65. The van der Waals surface area contributed by atoms with Gasteiger partial charge < -0.3 is 15.0 Å². The molecule has 0 unspecified atom stereocenters. The van der Waals surface area contributed by atoms with Crippen molar-refractivity contribution in [1.29, 1.82) is 0 Å². The molecule has 22 heavy (non-hydrogen) atoms. The van der Waals surface area contributed by atoms with Crippen molar-refractivity contribution >= 4 is 5.91 Å². The van der Waals surface area contributed by atoms with E-state index in [0.29, 0.717) is 12.6 Å². The van der Waals surface area contributed by atoms with E-state index in [2.05, 4.69) is 22.2 Å². The van der Waals surface area contributed by atoms with Gasteiger partial charge in [-0.25, -0.2) is 0 Å². The Morgan fingerprint density at radius 3 is 2.68 bits per heavy atom. The summed E-state index contributed by atoms with van der Waals surface area (Å²) in [4.78, 5) is 16.6. The van der Waals surface area contributed by atoms with Crippen molar-refractivity contribution in [3.8, 4) is 0 Å². The number of morpholine rings is 1. The van der Waals surface area contributed by atoms with E-state index in [0.717, 1.165) is 31.7 Å². The Labute approximate surface area is 134 Å². The highest BCUT2D eigenvalue weighted by molar-refractivity contribution is 5.87. The van der Waals surface area contributed by atoms with E-state index in [4.69, 9.17) is 4.74 Å². The van der Waals surface area contributed by atoms with Crippen molar-refractivity contribution in [1.82, 2.24) is 15.1 Å². The van der Waals surface area contributed by atoms with E-state index in [1.54, 1.807) is 6.08 Å².